The summed E-state index contributed by atoms with van der Waals surface area (Å²) in [5, 5.41) is 2.89. The molecule has 26 heavy (non-hydrogen) atoms. The fourth-order valence-electron chi connectivity index (χ4n) is 4.11. The van der Waals surface area contributed by atoms with Gasteiger partial charge >= 0.3 is 5.69 Å². The van der Waals surface area contributed by atoms with Crippen LogP contribution in [0.2, 0.25) is 0 Å². The number of nitrogens with zero attached hydrogens (tertiary/aromatic N) is 2. The Morgan fingerprint density at radius 1 is 1.15 bits per heavy atom. The van der Waals surface area contributed by atoms with E-state index in [0.29, 0.717) is 36.6 Å². The van der Waals surface area contributed by atoms with Crippen molar-refractivity contribution in [3.05, 3.63) is 28.3 Å². The van der Waals surface area contributed by atoms with Crippen LogP contribution in [0.3, 0.4) is 0 Å². The highest BCUT2D eigenvalue weighted by Gasteiger charge is 2.36. The van der Waals surface area contributed by atoms with Crippen molar-refractivity contribution in [2.45, 2.75) is 44.6 Å². The molecule has 3 heterocycles. The quantitative estimate of drug-likeness (QED) is 0.765. The Kier molecular flexibility index (Phi) is 4.48. The summed E-state index contributed by atoms with van der Waals surface area (Å²) in [5.74, 6) is 0.153. The number of imidazole rings is 1. The number of piperazine rings is 1. The van der Waals surface area contributed by atoms with Gasteiger partial charge in [-0.15, -0.1) is 0 Å². The van der Waals surface area contributed by atoms with Crippen LogP contribution in [0.4, 0.5) is 0 Å². The van der Waals surface area contributed by atoms with Crippen LogP contribution in [0, 0.1) is 5.92 Å². The molecule has 1 unspecified atom stereocenters. The average Bonchev–Trinajstić information content (AvgIpc) is 3.03. The van der Waals surface area contributed by atoms with E-state index in [1.165, 1.54) is 19.3 Å². The van der Waals surface area contributed by atoms with Gasteiger partial charge in [-0.2, -0.15) is 0 Å². The zero-order chi connectivity index (χ0) is 18.1. The van der Waals surface area contributed by atoms with Gasteiger partial charge in [0.25, 0.3) is 5.91 Å². The molecule has 2 aromatic rings. The molecule has 0 radical (unpaired) electrons. The lowest BCUT2D eigenvalue weighted by Crippen LogP contribution is -2.57. The molecule has 1 saturated heterocycles. The van der Waals surface area contributed by atoms with Crippen LogP contribution >= 0.6 is 0 Å². The van der Waals surface area contributed by atoms with Crippen LogP contribution in [0.15, 0.2) is 16.9 Å². The molecule has 2 amide bonds. The summed E-state index contributed by atoms with van der Waals surface area (Å²) in [6, 6.07) is 2.81. The first kappa shape index (κ1) is 16.8. The lowest BCUT2D eigenvalue weighted by molar-refractivity contribution is -0.128. The zero-order valence-electron chi connectivity index (χ0n) is 14.6. The van der Waals surface area contributed by atoms with E-state index in [4.69, 9.17) is 0 Å². The normalized spacial score (nSPS) is 21.8. The van der Waals surface area contributed by atoms with Crippen LogP contribution < -0.4 is 11.0 Å². The van der Waals surface area contributed by atoms with E-state index >= 15 is 0 Å². The maximum atomic E-state index is 13.0. The molecule has 1 atom stereocenters. The molecule has 4 rings (SSSR count). The Hall–Kier alpha value is -2.64. The number of carbonyl (C=O) groups excluding carboxylic acids is 2. The highest BCUT2D eigenvalue weighted by Crippen LogP contribution is 2.29. The van der Waals surface area contributed by atoms with Gasteiger partial charge in [0.05, 0.1) is 5.52 Å². The van der Waals surface area contributed by atoms with Gasteiger partial charge in [0.1, 0.15) is 11.7 Å². The second kappa shape index (κ2) is 6.93. The minimum Gasteiger partial charge on any atom is -0.353 e. The van der Waals surface area contributed by atoms with Crippen LogP contribution in [-0.2, 0) is 4.79 Å². The van der Waals surface area contributed by atoms with Gasteiger partial charge < -0.3 is 15.2 Å². The van der Waals surface area contributed by atoms with Gasteiger partial charge in [0.15, 0.2) is 5.65 Å². The summed E-state index contributed by atoms with van der Waals surface area (Å²) in [6.45, 7) is 0.931. The van der Waals surface area contributed by atoms with E-state index in [1.54, 1.807) is 17.0 Å². The predicted octanol–water partition coefficient (Wildman–Crippen LogP) is 1.16. The van der Waals surface area contributed by atoms with Crippen molar-refractivity contribution in [2.75, 3.05) is 13.1 Å². The molecule has 1 saturated carbocycles. The lowest BCUT2D eigenvalue weighted by atomic mass is 9.84. The zero-order valence-corrected chi connectivity index (χ0v) is 14.6. The molecule has 8 nitrogen and oxygen atoms in total. The smallest absolute Gasteiger partial charge is 0.325 e. The summed E-state index contributed by atoms with van der Waals surface area (Å²) in [6.07, 6.45) is 6.62. The fraction of sp³-hybridized carbons (Fsp3) is 0.556. The van der Waals surface area contributed by atoms with Crippen molar-refractivity contribution < 1.29 is 9.59 Å². The van der Waals surface area contributed by atoms with Crippen molar-refractivity contribution in [2.24, 2.45) is 5.92 Å². The number of nitrogens with one attached hydrogen (secondary N) is 3. The number of fused-ring (bicyclic) bond motifs is 1. The summed E-state index contributed by atoms with van der Waals surface area (Å²) >= 11 is 0. The topological polar surface area (TPSA) is 111 Å². The van der Waals surface area contributed by atoms with Crippen molar-refractivity contribution in [3.8, 4) is 0 Å². The summed E-state index contributed by atoms with van der Waals surface area (Å²) in [5.41, 5.74) is 0.800. The molecule has 0 bridgehead atoms. The third-order valence-electron chi connectivity index (χ3n) is 5.47. The monoisotopic (exact) mass is 357 g/mol. The van der Waals surface area contributed by atoms with E-state index in [2.05, 4.69) is 20.3 Å². The Morgan fingerprint density at radius 3 is 2.77 bits per heavy atom. The van der Waals surface area contributed by atoms with Crippen molar-refractivity contribution in [1.29, 1.82) is 0 Å². The van der Waals surface area contributed by atoms with Gasteiger partial charge in [-0.05, 0) is 24.5 Å². The molecule has 8 heteroatoms. The summed E-state index contributed by atoms with van der Waals surface area (Å²) in [4.78, 5) is 48.0. The number of pyridine rings is 1. The maximum absolute atomic E-state index is 13.0. The number of carbonyl (C=O) groups is 2. The van der Waals surface area contributed by atoms with E-state index in [-0.39, 0.29) is 23.2 Å². The summed E-state index contributed by atoms with van der Waals surface area (Å²) < 4.78 is 0. The van der Waals surface area contributed by atoms with Crippen molar-refractivity contribution in [1.82, 2.24) is 25.2 Å². The summed E-state index contributed by atoms with van der Waals surface area (Å²) in [7, 11) is 0. The fourth-order valence-corrected chi connectivity index (χ4v) is 4.11. The third kappa shape index (κ3) is 3.23. The van der Waals surface area contributed by atoms with Gasteiger partial charge in [0.2, 0.25) is 5.91 Å². The SMILES string of the molecule is O=C1NCCN(C(=O)c2ccc3[nH]c(=O)[nH]c3n2)C1CC1CCCCC1. The largest absolute Gasteiger partial charge is 0.353 e. The van der Waals surface area contributed by atoms with Crippen molar-refractivity contribution in [3.63, 3.8) is 0 Å². The number of amides is 2. The van der Waals surface area contributed by atoms with Gasteiger partial charge in [-0.25, -0.2) is 9.78 Å². The molecular weight excluding hydrogens is 334 g/mol. The minimum atomic E-state index is -0.442. The second-order valence-electron chi connectivity index (χ2n) is 7.22. The first-order valence-corrected chi connectivity index (χ1v) is 9.29. The van der Waals surface area contributed by atoms with Gasteiger partial charge in [-0.1, -0.05) is 32.1 Å². The molecule has 2 aliphatic rings. The first-order valence-electron chi connectivity index (χ1n) is 9.29. The molecule has 2 aromatic heterocycles. The van der Waals surface area contributed by atoms with E-state index in [9.17, 15) is 14.4 Å². The lowest BCUT2D eigenvalue weighted by Gasteiger charge is -2.37. The van der Waals surface area contributed by atoms with Crippen LogP contribution in [-0.4, -0.2) is 50.8 Å². The number of rotatable bonds is 3. The number of hydrogen-bond donors (Lipinski definition) is 3. The molecule has 1 aliphatic carbocycles. The number of hydrogen-bond acceptors (Lipinski definition) is 4. The van der Waals surface area contributed by atoms with E-state index < -0.39 is 6.04 Å². The molecule has 0 spiro atoms. The predicted molar refractivity (Wildman–Crippen MR) is 95.7 cm³/mol. The van der Waals surface area contributed by atoms with Gasteiger partial charge in [-0.3, -0.25) is 14.6 Å². The van der Waals surface area contributed by atoms with Gasteiger partial charge in [0, 0.05) is 13.1 Å². The van der Waals surface area contributed by atoms with E-state index in [0.717, 1.165) is 12.8 Å². The maximum Gasteiger partial charge on any atom is 0.325 e. The van der Waals surface area contributed by atoms with Crippen LogP contribution in [0.5, 0.6) is 0 Å². The van der Waals surface area contributed by atoms with Crippen molar-refractivity contribution >= 4 is 23.0 Å². The number of H-pyrrole nitrogens is 2. The first-order chi connectivity index (χ1) is 12.6. The molecule has 138 valence electrons. The Labute approximate surface area is 150 Å². The minimum absolute atomic E-state index is 0.0775. The average molecular weight is 357 g/mol. The highest BCUT2D eigenvalue weighted by atomic mass is 16.2. The highest BCUT2D eigenvalue weighted by molar-refractivity contribution is 5.98. The van der Waals surface area contributed by atoms with Crippen LogP contribution in [0.1, 0.15) is 49.0 Å². The standard InChI is InChI=1S/C18H23N5O3/c24-16-14(10-11-4-2-1-3-5-11)23(9-8-19-16)17(25)13-7-6-12-15(20-13)22-18(26)21-12/h6-7,11,14H,1-5,8-10H2,(H,19,24)(H2,20,21,22,26). The Bertz CT molecular complexity index is 880. The van der Waals surface area contributed by atoms with Crippen LogP contribution in [0.25, 0.3) is 11.2 Å². The van der Waals surface area contributed by atoms with E-state index in [1.807, 2.05) is 0 Å². The molecule has 3 N–H and O–H groups in total. The second-order valence-corrected chi connectivity index (χ2v) is 7.22. The third-order valence-corrected chi connectivity index (χ3v) is 5.47. The molecular formula is C18H23N5O3. The molecule has 2 fully saturated rings. The Balaban J connectivity index is 1.58. The number of aromatic amines is 2. The molecule has 1 aliphatic heterocycles. The number of aromatic nitrogens is 3. The molecule has 0 aromatic carbocycles. The Morgan fingerprint density at radius 2 is 1.96 bits per heavy atom.